The van der Waals surface area contributed by atoms with Crippen molar-refractivity contribution in [3.05, 3.63) is 33.8 Å². The van der Waals surface area contributed by atoms with Gasteiger partial charge in [0, 0.05) is 13.0 Å². The lowest BCUT2D eigenvalue weighted by Crippen LogP contribution is -1.99. The molecule has 0 aliphatic carbocycles. The summed E-state index contributed by atoms with van der Waals surface area (Å²) in [5.41, 5.74) is 6.27. The monoisotopic (exact) mass is 347 g/mol. The van der Waals surface area contributed by atoms with Crippen LogP contribution >= 0.6 is 39.2 Å². The first-order valence-electron chi connectivity index (χ1n) is 5.33. The first-order chi connectivity index (χ1) is 8.65. The van der Waals surface area contributed by atoms with Crippen LogP contribution in [-0.4, -0.2) is 9.36 Å². The van der Waals surface area contributed by atoms with Gasteiger partial charge in [0.1, 0.15) is 5.82 Å². The molecule has 3 nitrogen and oxygen atoms in total. The van der Waals surface area contributed by atoms with Crippen LogP contribution in [0.15, 0.2) is 25.8 Å². The van der Waals surface area contributed by atoms with Crippen LogP contribution in [0.5, 0.6) is 0 Å². The van der Waals surface area contributed by atoms with Crippen molar-refractivity contribution in [1.82, 2.24) is 9.36 Å². The highest BCUT2D eigenvalue weighted by molar-refractivity contribution is 9.10. The zero-order valence-corrected chi connectivity index (χ0v) is 12.8. The van der Waals surface area contributed by atoms with E-state index in [4.69, 9.17) is 5.73 Å². The van der Waals surface area contributed by atoms with Gasteiger partial charge in [0.25, 0.3) is 0 Å². The van der Waals surface area contributed by atoms with E-state index in [9.17, 15) is 4.39 Å². The molecule has 2 aromatic rings. The van der Waals surface area contributed by atoms with Gasteiger partial charge >= 0.3 is 0 Å². The highest BCUT2D eigenvalue weighted by atomic mass is 79.9. The molecule has 0 atom stereocenters. The molecule has 0 amide bonds. The number of rotatable bonds is 4. The molecule has 7 heteroatoms. The molecular formula is C11H11BrFN3S2. The highest BCUT2D eigenvalue weighted by Gasteiger charge is 2.13. The molecule has 0 aliphatic rings. The zero-order chi connectivity index (χ0) is 13.1. The van der Waals surface area contributed by atoms with Gasteiger partial charge in [-0.3, -0.25) is 0 Å². The number of hydrogen-bond acceptors (Lipinski definition) is 5. The molecule has 0 aliphatic heterocycles. The van der Waals surface area contributed by atoms with Crippen molar-refractivity contribution in [2.45, 2.75) is 29.1 Å². The number of halogens is 2. The van der Waals surface area contributed by atoms with Gasteiger partial charge in [-0.05, 0) is 39.1 Å². The van der Waals surface area contributed by atoms with E-state index >= 15 is 0 Å². The van der Waals surface area contributed by atoms with E-state index in [1.54, 1.807) is 6.07 Å². The minimum Gasteiger partial charge on any atom is -0.326 e. The Balaban J connectivity index is 2.26. The fourth-order valence-corrected chi connectivity index (χ4v) is 3.66. The molecule has 0 saturated carbocycles. The third-order valence-corrected chi connectivity index (χ3v) is 4.99. The molecule has 1 heterocycles. The van der Waals surface area contributed by atoms with E-state index in [1.807, 2.05) is 13.0 Å². The van der Waals surface area contributed by atoms with E-state index in [0.717, 1.165) is 22.1 Å². The third-order valence-electron chi connectivity index (χ3n) is 2.31. The van der Waals surface area contributed by atoms with Gasteiger partial charge in [-0.1, -0.05) is 24.8 Å². The van der Waals surface area contributed by atoms with Crippen LogP contribution in [0, 0.1) is 5.82 Å². The van der Waals surface area contributed by atoms with Gasteiger partial charge in [0.15, 0.2) is 10.2 Å². The summed E-state index contributed by atoms with van der Waals surface area (Å²) in [6.07, 6.45) is 0.787. The van der Waals surface area contributed by atoms with Gasteiger partial charge in [-0.2, -0.15) is 4.37 Å². The van der Waals surface area contributed by atoms with Crippen LogP contribution < -0.4 is 5.73 Å². The Morgan fingerprint density at radius 1 is 1.50 bits per heavy atom. The zero-order valence-electron chi connectivity index (χ0n) is 9.61. The van der Waals surface area contributed by atoms with Crippen LogP contribution in [-0.2, 0) is 13.0 Å². The molecule has 96 valence electrons. The summed E-state index contributed by atoms with van der Waals surface area (Å²) in [7, 11) is 0. The maximum atomic E-state index is 14.1. The van der Waals surface area contributed by atoms with Crippen molar-refractivity contribution in [2.24, 2.45) is 5.73 Å². The summed E-state index contributed by atoms with van der Waals surface area (Å²) >= 11 is 5.79. The lowest BCUT2D eigenvalue weighted by atomic mass is 10.2. The first kappa shape index (κ1) is 13.9. The van der Waals surface area contributed by atoms with Crippen LogP contribution in [0.25, 0.3) is 0 Å². The van der Waals surface area contributed by atoms with Gasteiger partial charge in [-0.15, -0.1) is 0 Å². The standard InChI is InChI=1S/C11H11BrFN3S2/c1-2-8-15-11(18-16-8)17-7-4-3-6(5-14)9(12)10(7)13/h3-4H,2,5,14H2,1H3. The minimum absolute atomic E-state index is 0.295. The fourth-order valence-electron chi connectivity index (χ4n) is 1.33. The highest BCUT2D eigenvalue weighted by Crippen LogP contribution is 2.35. The quantitative estimate of drug-likeness (QED) is 0.917. The predicted octanol–water partition coefficient (Wildman–Crippen LogP) is 3.61. The summed E-state index contributed by atoms with van der Waals surface area (Å²) < 4.78 is 19.4. The Bertz CT molecular complexity index is 559. The second-order valence-electron chi connectivity index (χ2n) is 3.49. The smallest absolute Gasteiger partial charge is 0.174 e. The lowest BCUT2D eigenvalue weighted by molar-refractivity contribution is 0.592. The van der Waals surface area contributed by atoms with Crippen LogP contribution in [0.1, 0.15) is 18.3 Å². The molecule has 0 unspecified atom stereocenters. The topological polar surface area (TPSA) is 51.8 Å². The lowest BCUT2D eigenvalue weighted by Gasteiger charge is -2.06. The summed E-state index contributed by atoms with van der Waals surface area (Å²) in [6, 6.07) is 3.54. The van der Waals surface area contributed by atoms with Crippen LogP contribution in [0.2, 0.25) is 0 Å². The molecule has 1 aromatic heterocycles. The molecule has 0 fully saturated rings. The van der Waals surface area contributed by atoms with Crippen molar-refractivity contribution in [3.63, 3.8) is 0 Å². The largest absolute Gasteiger partial charge is 0.326 e. The van der Waals surface area contributed by atoms with Crippen molar-refractivity contribution >= 4 is 39.2 Å². The van der Waals surface area contributed by atoms with E-state index in [1.165, 1.54) is 23.3 Å². The number of nitrogens with zero attached hydrogens (tertiary/aromatic N) is 2. The normalized spacial score (nSPS) is 10.9. The van der Waals surface area contributed by atoms with Gasteiger partial charge < -0.3 is 5.73 Å². The molecule has 1 aromatic carbocycles. The molecule has 2 N–H and O–H groups in total. The van der Waals surface area contributed by atoms with Gasteiger partial charge in [0.05, 0.1) is 9.37 Å². The second-order valence-corrected chi connectivity index (χ2v) is 6.32. The van der Waals surface area contributed by atoms with Crippen molar-refractivity contribution in [2.75, 3.05) is 0 Å². The molecule has 0 bridgehead atoms. The fraction of sp³-hybridized carbons (Fsp3) is 0.273. The summed E-state index contributed by atoms with van der Waals surface area (Å²) in [6.45, 7) is 2.30. The average molecular weight is 348 g/mol. The molecule has 2 rings (SSSR count). The number of nitrogens with two attached hydrogens (primary N) is 1. The Hall–Kier alpha value is -0.500. The van der Waals surface area contributed by atoms with Gasteiger partial charge in [0.2, 0.25) is 0 Å². The molecule has 0 saturated heterocycles. The van der Waals surface area contributed by atoms with E-state index in [0.29, 0.717) is 15.9 Å². The summed E-state index contributed by atoms with van der Waals surface area (Å²) in [5, 5.41) is 0. The Kier molecular flexibility index (Phi) is 4.71. The van der Waals surface area contributed by atoms with Crippen molar-refractivity contribution < 1.29 is 4.39 Å². The van der Waals surface area contributed by atoms with E-state index in [-0.39, 0.29) is 5.82 Å². The maximum absolute atomic E-state index is 14.1. The van der Waals surface area contributed by atoms with E-state index < -0.39 is 0 Å². The second kappa shape index (κ2) is 6.10. The molecule has 18 heavy (non-hydrogen) atoms. The Morgan fingerprint density at radius 2 is 2.28 bits per heavy atom. The first-order valence-corrected chi connectivity index (χ1v) is 7.71. The average Bonchev–Trinajstić information content (AvgIpc) is 2.83. The van der Waals surface area contributed by atoms with Crippen LogP contribution in [0.4, 0.5) is 4.39 Å². The molecular weight excluding hydrogens is 337 g/mol. The van der Waals surface area contributed by atoms with Gasteiger partial charge in [-0.25, -0.2) is 9.37 Å². The molecule has 0 spiro atoms. The number of aromatic nitrogens is 2. The maximum Gasteiger partial charge on any atom is 0.174 e. The van der Waals surface area contributed by atoms with E-state index in [2.05, 4.69) is 25.3 Å². The molecule has 0 radical (unpaired) electrons. The predicted molar refractivity (Wildman–Crippen MR) is 75.4 cm³/mol. The number of benzene rings is 1. The Morgan fingerprint density at radius 3 is 2.89 bits per heavy atom. The SMILES string of the molecule is CCc1nsc(Sc2ccc(CN)c(Br)c2F)n1. The van der Waals surface area contributed by atoms with Crippen LogP contribution in [0.3, 0.4) is 0 Å². The Labute approximate surface area is 121 Å². The minimum atomic E-state index is -0.295. The summed E-state index contributed by atoms with van der Waals surface area (Å²) in [5.74, 6) is 0.497. The number of aryl methyl sites for hydroxylation is 1. The van der Waals surface area contributed by atoms with Crippen molar-refractivity contribution in [1.29, 1.82) is 0 Å². The summed E-state index contributed by atoms with van der Waals surface area (Å²) in [4.78, 5) is 4.83. The van der Waals surface area contributed by atoms with Crippen molar-refractivity contribution in [3.8, 4) is 0 Å². The third kappa shape index (κ3) is 2.90. The number of hydrogen-bond donors (Lipinski definition) is 1.